The summed E-state index contributed by atoms with van der Waals surface area (Å²) in [5.41, 5.74) is 1.73. The van der Waals surface area contributed by atoms with Gasteiger partial charge in [0, 0.05) is 30.6 Å². The van der Waals surface area contributed by atoms with Crippen molar-refractivity contribution < 1.29 is 9.53 Å². The zero-order valence-electron chi connectivity index (χ0n) is 16.0. The van der Waals surface area contributed by atoms with Gasteiger partial charge in [-0.3, -0.25) is 9.89 Å². The van der Waals surface area contributed by atoms with Crippen molar-refractivity contribution in [1.29, 1.82) is 0 Å². The number of nitrogens with zero attached hydrogens (tertiary/aromatic N) is 3. The highest BCUT2D eigenvalue weighted by atomic mass is 16.5. The minimum absolute atomic E-state index is 0.0899. The molecule has 0 bridgehead atoms. The molecule has 1 amide bonds. The molecule has 0 unspecified atom stereocenters. The average Bonchev–Trinajstić information content (AvgIpc) is 3.23. The Morgan fingerprint density at radius 2 is 1.82 bits per heavy atom. The first kappa shape index (κ1) is 18.2. The number of benzene rings is 2. The maximum atomic E-state index is 12.7. The molecule has 1 aromatic heterocycles. The second kappa shape index (κ2) is 8.25. The van der Waals surface area contributed by atoms with Crippen LogP contribution in [0.5, 0.6) is 5.75 Å². The normalized spacial score (nSPS) is 14.8. The molecule has 0 saturated carbocycles. The van der Waals surface area contributed by atoms with Gasteiger partial charge < -0.3 is 9.64 Å². The number of H-pyrrole nitrogens is 1. The average molecular weight is 376 g/mol. The van der Waals surface area contributed by atoms with Crippen molar-refractivity contribution in [3.8, 4) is 17.1 Å². The SMILES string of the molecule is COc1ccc(C(=O)N2CCC(Cc3nc(-c4ccccc4)n[nH]3)CC2)cc1. The van der Waals surface area contributed by atoms with Crippen molar-refractivity contribution in [1.82, 2.24) is 20.1 Å². The number of carbonyl (C=O) groups is 1. The van der Waals surface area contributed by atoms with E-state index in [1.165, 1.54) is 0 Å². The molecule has 1 saturated heterocycles. The molecule has 0 aliphatic carbocycles. The van der Waals surface area contributed by atoms with Gasteiger partial charge >= 0.3 is 0 Å². The number of amides is 1. The van der Waals surface area contributed by atoms with E-state index in [1.54, 1.807) is 7.11 Å². The van der Waals surface area contributed by atoms with Gasteiger partial charge in [-0.25, -0.2) is 4.98 Å². The van der Waals surface area contributed by atoms with E-state index in [4.69, 9.17) is 4.74 Å². The fourth-order valence-corrected chi connectivity index (χ4v) is 3.63. The molecule has 3 aromatic rings. The Balaban J connectivity index is 1.32. The molecule has 1 aliphatic heterocycles. The van der Waals surface area contributed by atoms with Gasteiger partial charge in [-0.15, -0.1) is 0 Å². The van der Waals surface area contributed by atoms with Crippen LogP contribution < -0.4 is 4.74 Å². The van der Waals surface area contributed by atoms with E-state index in [0.29, 0.717) is 11.5 Å². The number of aromatic nitrogens is 3. The summed E-state index contributed by atoms with van der Waals surface area (Å²) in [6, 6.07) is 17.3. The van der Waals surface area contributed by atoms with Gasteiger partial charge in [-0.1, -0.05) is 30.3 Å². The molecule has 144 valence electrons. The predicted molar refractivity (Wildman–Crippen MR) is 107 cm³/mol. The van der Waals surface area contributed by atoms with Crippen molar-refractivity contribution in [3.05, 3.63) is 66.0 Å². The van der Waals surface area contributed by atoms with E-state index >= 15 is 0 Å². The van der Waals surface area contributed by atoms with Crippen LogP contribution in [0, 0.1) is 5.92 Å². The van der Waals surface area contributed by atoms with Gasteiger partial charge in [0.25, 0.3) is 5.91 Å². The molecule has 0 atom stereocenters. The van der Waals surface area contributed by atoms with E-state index in [0.717, 1.165) is 55.3 Å². The topological polar surface area (TPSA) is 71.1 Å². The minimum Gasteiger partial charge on any atom is -0.497 e. The van der Waals surface area contributed by atoms with Gasteiger partial charge in [0.2, 0.25) is 0 Å². The van der Waals surface area contributed by atoms with E-state index in [9.17, 15) is 4.79 Å². The Bertz CT molecular complexity index is 913. The van der Waals surface area contributed by atoms with E-state index in [1.807, 2.05) is 59.5 Å². The maximum Gasteiger partial charge on any atom is 0.253 e. The van der Waals surface area contributed by atoms with Gasteiger partial charge in [-0.2, -0.15) is 5.10 Å². The highest BCUT2D eigenvalue weighted by molar-refractivity contribution is 5.94. The van der Waals surface area contributed by atoms with E-state index in [-0.39, 0.29) is 5.91 Å². The van der Waals surface area contributed by atoms with Crippen molar-refractivity contribution >= 4 is 5.91 Å². The number of ether oxygens (including phenoxy) is 1. The first-order chi connectivity index (χ1) is 13.7. The standard InChI is InChI=1S/C22H24N4O2/c1-28-19-9-7-18(8-10-19)22(27)26-13-11-16(12-14-26)15-20-23-21(25-24-20)17-5-3-2-4-6-17/h2-10,16H,11-15H2,1H3,(H,23,24,25). The second-order valence-corrected chi connectivity index (χ2v) is 7.14. The Labute approximate surface area is 164 Å². The molecule has 28 heavy (non-hydrogen) atoms. The summed E-state index contributed by atoms with van der Waals surface area (Å²) in [6.07, 6.45) is 2.82. The summed E-state index contributed by atoms with van der Waals surface area (Å²) in [4.78, 5) is 19.3. The number of hydrogen-bond donors (Lipinski definition) is 1. The molecular weight excluding hydrogens is 352 g/mol. The van der Waals surface area contributed by atoms with Crippen LogP contribution in [-0.4, -0.2) is 46.2 Å². The van der Waals surface area contributed by atoms with Crippen LogP contribution in [0.4, 0.5) is 0 Å². The van der Waals surface area contributed by atoms with Gasteiger partial charge in [0.05, 0.1) is 7.11 Å². The van der Waals surface area contributed by atoms with Gasteiger partial charge in [0.1, 0.15) is 11.6 Å². The lowest BCUT2D eigenvalue weighted by Crippen LogP contribution is -2.39. The second-order valence-electron chi connectivity index (χ2n) is 7.14. The molecular formula is C22H24N4O2. The predicted octanol–water partition coefficient (Wildman–Crippen LogP) is 3.58. The quantitative estimate of drug-likeness (QED) is 0.739. The summed E-state index contributed by atoms with van der Waals surface area (Å²) in [5, 5.41) is 7.41. The zero-order chi connectivity index (χ0) is 19.3. The van der Waals surface area contributed by atoms with Crippen molar-refractivity contribution in [2.24, 2.45) is 5.92 Å². The summed E-state index contributed by atoms with van der Waals surface area (Å²) in [7, 11) is 1.62. The molecule has 2 aromatic carbocycles. The number of rotatable bonds is 5. The van der Waals surface area contributed by atoms with Crippen LogP contribution in [0.1, 0.15) is 29.0 Å². The number of carbonyl (C=O) groups excluding carboxylic acids is 1. The molecule has 6 nitrogen and oxygen atoms in total. The third kappa shape index (κ3) is 4.06. The molecule has 1 aliphatic rings. The van der Waals surface area contributed by atoms with Crippen LogP contribution in [-0.2, 0) is 6.42 Å². The highest BCUT2D eigenvalue weighted by Crippen LogP contribution is 2.23. The molecule has 2 heterocycles. The lowest BCUT2D eigenvalue weighted by molar-refractivity contribution is 0.0690. The fraction of sp³-hybridized carbons (Fsp3) is 0.318. The molecule has 0 spiro atoms. The third-order valence-electron chi connectivity index (χ3n) is 5.28. The van der Waals surface area contributed by atoms with Crippen LogP contribution in [0.15, 0.2) is 54.6 Å². The Morgan fingerprint density at radius 3 is 2.50 bits per heavy atom. The Hall–Kier alpha value is -3.15. The van der Waals surface area contributed by atoms with Crippen molar-refractivity contribution in [2.75, 3.05) is 20.2 Å². The number of piperidine rings is 1. The minimum atomic E-state index is 0.0899. The highest BCUT2D eigenvalue weighted by Gasteiger charge is 2.24. The van der Waals surface area contributed by atoms with Crippen LogP contribution in [0.25, 0.3) is 11.4 Å². The molecule has 4 rings (SSSR count). The summed E-state index contributed by atoms with van der Waals surface area (Å²) >= 11 is 0. The first-order valence-corrected chi connectivity index (χ1v) is 9.63. The van der Waals surface area contributed by atoms with E-state index < -0.39 is 0 Å². The lowest BCUT2D eigenvalue weighted by atomic mass is 9.93. The lowest BCUT2D eigenvalue weighted by Gasteiger charge is -2.31. The monoisotopic (exact) mass is 376 g/mol. The Morgan fingerprint density at radius 1 is 1.11 bits per heavy atom. The van der Waals surface area contributed by atoms with E-state index in [2.05, 4.69) is 15.2 Å². The number of aromatic amines is 1. The van der Waals surface area contributed by atoms with Crippen LogP contribution in [0.2, 0.25) is 0 Å². The van der Waals surface area contributed by atoms with Gasteiger partial charge in [-0.05, 0) is 43.0 Å². The smallest absolute Gasteiger partial charge is 0.253 e. The number of likely N-dealkylation sites (tertiary alicyclic amines) is 1. The molecule has 1 N–H and O–H groups in total. The zero-order valence-corrected chi connectivity index (χ0v) is 16.0. The van der Waals surface area contributed by atoms with Crippen LogP contribution >= 0.6 is 0 Å². The molecule has 1 fully saturated rings. The number of hydrogen-bond acceptors (Lipinski definition) is 4. The van der Waals surface area contributed by atoms with Crippen molar-refractivity contribution in [3.63, 3.8) is 0 Å². The first-order valence-electron chi connectivity index (χ1n) is 9.63. The van der Waals surface area contributed by atoms with Gasteiger partial charge in [0.15, 0.2) is 5.82 Å². The fourth-order valence-electron chi connectivity index (χ4n) is 3.63. The maximum absolute atomic E-state index is 12.7. The summed E-state index contributed by atoms with van der Waals surface area (Å²) in [5.74, 6) is 3.02. The third-order valence-corrected chi connectivity index (χ3v) is 5.28. The largest absolute Gasteiger partial charge is 0.497 e. The Kier molecular flexibility index (Phi) is 5.37. The van der Waals surface area contributed by atoms with Crippen molar-refractivity contribution in [2.45, 2.75) is 19.3 Å². The summed E-state index contributed by atoms with van der Waals surface area (Å²) in [6.45, 7) is 1.55. The number of nitrogens with one attached hydrogen (secondary N) is 1. The van der Waals surface area contributed by atoms with Crippen LogP contribution in [0.3, 0.4) is 0 Å². The molecule has 0 radical (unpaired) electrons. The molecule has 6 heteroatoms. The number of methoxy groups -OCH3 is 1. The summed E-state index contributed by atoms with van der Waals surface area (Å²) < 4.78 is 5.16.